The molecule has 1 aromatic carbocycles. The molecule has 11 heteroatoms. The van der Waals surface area contributed by atoms with Gasteiger partial charge < -0.3 is 30.4 Å². The second kappa shape index (κ2) is 12.8. The van der Waals surface area contributed by atoms with Crippen LogP contribution in [0.4, 0.5) is 0 Å². The number of hydrogen-bond donors (Lipinski definition) is 3. The normalized spacial score (nSPS) is 25.2. The fourth-order valence-corrected chi connectivity index (χ4v) is 6.66. The lowest BCUT2D eigenvalue weighted by atomic mass is 9.77. The molecule has 3 aliphatic rings. The van der Waals surface area contributed by atoms with Crippen molar-refractivity contribution in [3.63, 3.8) is 0 Å². The Bertz CT molecular complexity index is 1160. The SMILES string of the molecule is CC1CCN(C[C@@H]2c3c(OC/C(N)=C/N(N)C(C)C)ccc(Br)c3CCN2C(=O)[C@@H]2CCCC[C@@H]2C(=O)O)C1=O. The van der Waals surface area contributed by atoms with Gasteiger partial charge in [0.15, 0.2) is 0 Å². The van der Waals surface area contributed by atoms with Gasteiger partial charge in [0.1, 0.15) is 12.4 Å². The van der Waals surface area contributed by atoms with Crippen molar-refractivity contribution in [1.82, 2.24) is 14.8 Å². The third kappa shape index (κ3) is 6.40. The van der Waals surface area contributed by atoms with Gasteiger partial charge in [0.25, 0.3) is 0 Å². The highest BCUT2D eigenvalue weighted by atomic mass is 79.9. The number of nitrogens with zero attached hydrogens (tertiary/aromatic N) is 3. The van der Waals surface area contributed by atoms with E-state index in [2.05, 4.69) is 15.9 Å². The van der Waals surface area contributed by atoms with Gasteiger partial charge in [0.2, 0.25) is 11.8 Å². The maximum atomic E-state index is 14.1. The van der Waals surface area contributed by atoms with Crippen molar-refractivity contribution in [3.8, 4) is 5.75 Å². The van der Waals surface area contributed by atoms with Crippen LogP contribution >= 0.6 is 15.9 Å². The summed E-state index contributed by atoms with van der Waals surface area (Å²) in [4.78, 5) is 42.8. The second-order valence-corrected chi connectivity index (χ2v) is 12.4. The van der Waals surface area contributed by atoms with Crippen molar-refractivity contribution < 1.29 is 24.2 Å². The summed E-state index contributed by atoms with van der Waals surface area (Å²) in [7, 11) is 0. The zero-order valence-corrected chi connectivity index (χ0v) is 25.2. The summed E-state index contributed by atoms with van der Waals surface area (Å²) in [5.41, 5.74) is 8.52. The van der Waals surface area contributed by atoms with Crippen LogP contribution in [0.5, 0.6) is 5.75 Å². The predicted molar refractivity (Wildman–Crippen MR) is 155 cm³/mol. The second-order valence-electron chi connectivity index (χ2n) is 11.6. The van der Waals surface area contributed by atoms with Crippen molar-refractivity contribution >= 4 is 33.7 Å². The number of carbonyl (C=O) groups excluding carboxylic acids is 2. The van der Waals surface area contributed by atoms with Crippen molar-refractivity contribution in [2.24, 2.45) is 29.3 Å². The number of aliphatic carboxylic acids is 1. The standard InChI is InChI=1S/C29H42BrN5O5/c1-17(2)35(32)14-19(31)16-40-25-9-8-23(30)22-11-13-34(28(37)20-6-4-5-7-21(20)29(38)39)24(26(22)25)15-33-12-10-18(3)27(33)36/h8-9,14,17-18,20-21,24H,4-7,10-13,15-16,31-32H2,1-3H3,(H,38,39)/b19-14-/t18?,20-,21+,24-/m1/s1. The molecule has 1 aromatic rings. The number of hydrazine groups is 1. The molecular formula is C29H42BrN5O5. The van der Waals surface area contributed by atoms with E-state index < -0.39 is 23.8 Å². The summed E-state index contributed by atoms with van der Waals surface area (Å²) in [5.74, 6) is 4.26. The van der Waals surface area contributed by atoms with Crippen LogP contribution in [0, 0.1) is 17.8 Å². The highest BCUT2D eigenvalue weighted by molar-refractivity contribution is 9.10. The smallest absolute Gasteiger partial charge is 0.307 e. The van der Waals surface area contributed by atoms with E-state index in [0.717, 1.165) is 34.9 Å². The Hall–Kier alpha value is -2.79. The maximum Gasteiger partial charge on any atom is 0.307 e. The Kier molecular flexibility index (Phi) is 9.66. The van der Waals surface area contributed by atoms with Crippen LogP contribution in [0.3, 0.4) is 0 Å². The molecule has 2 amide bonds. The summed E-state index contributed by atoms with van der Waals surface area (Å²) >= 11 is 3.69. The van der Waals surface area contributed by atoms with E-state index in [9.17, 15) is 19.5 Å². The number of carboxylic acid groups (broad SMARTS) is 1. The Morgan fingerprint density at radius 2 is 1.90 bits per heavy atom. The molecule has 220 valence electrons. The molecule has 2 heterocycles. The van der Waals surface area contributed by atoms with E-state index in [0.29, 0.717) is 50.3 Å². The van der Waals surface area contributed by atoms with E-state index in [-0.39, 0.29) is 30.4 Å². The third-order valence-electron chi connectivity index (χ3n) is 8.52. The van der Waals surface area contributed by atoms with Gasteiger partial charge in [-0.2, -0.15) is 0 Å². The molecule has 5 N–H and O–H groups in total. The summed E-state index contributed by atoms with van der Waals surface area (Å²) in [6.45, 7) is 7.32. The average Bonchev–Trinajstić information content (AvgIpc) is 3.24. The average molecular weight is 621 g/mol. The molecule has 0 spiro atoms. The summed E-state index contributed by atoms with van der Waals surface area (Å²) in [6, 6.07) is 3.38. The maximum absolute atomic E-state index is 14.1. The molecule has 4 rings (SSSR count). The number of benzene rings is 1. The molecule has 0 radical (unpaired) electrons. The van der Waals surface area contributed by atoms with Gasteiger partial charge in [-0.1, -0.05) is 35.7 Å². The van der Waals surface area contributed by atoms with Crippen LogP contribution in [-0.2, 0) is 20.8 Å². The van der Waals surface area contributed by atoms with Crippen molar-refractivity contribution in [2.45, 2.75) is 71.4 Å². The van der Waals surface area contributed by atoms with Gasteiger partial charge >= 0.3 is 5.97 Å². The number of likely N-dealkylation sites (tertiary alicyclic amines) is 1. The number of hydrogen-bond acceptors (Lipinski definition) is 7. The number of amides is 2. The topological polar surface area (TPSA) is 142 Å². The minimum atomic E-state index is -0.917. The molecule has 1 saturated carbocycles. The Morgan fingerprint density at radius 1 is 1.20 bits per heavy atom. The lowest BCUT2D eigenvalue weighted by Gasteiger charge is -2.43. The van der Waals surface area contributed by atoms with Crippen LogP contribution in [0.15, 0.2) is 28.5 Å². The number of halogens is 1. The molecule has 0 aromatic heterocycles. The first-order chi connectivity index (χ1) is 19.0. The molecule has 10 nitrogen and oxygen atoms in total. The molecule has 1 unspecified atom stereocenters. The number of carbonyl (C=O) groups is 3. The van der Waals surface area contributed by atoms with Gasteiger partial charge in [0, 0.05) is 47.8 Å². The molecule has 0 bridgehead atoms. The fraction of sp³-hybridized carbons (Fsp3) is 0.621. The van der Waals surface area contributed by atoms with Crippen LogP contribution < -0.4 is 16.3 Å². The van der Waals surface area contributed by atoms with E-state index in [1.54, 1.807) is 6.20 Å². The van der Waals surface area contributed by atoms with Gasteiger partial charge in [-0.3, -0.25) is 14.4 Å². The van der Waals surface area contributed by atoms with Crippen LogP contribution in [0.2, 0.25) is 0 Å². The zero-order valence-electron chi connectivity index (χ0n) is 23.6. The minimum Gasteiger partial charge on any atom is -0.487 e. The van der Waals surface area contributed by atoms with E-state index in [4.69, 9.17) is 16.3 Å². The first-order valence-corrected chi connectivity index (χ1v) is 15.0. The van der Waals surface area contributed by atoms with Gasteiger partial charge in [-0.05, 0) is 57.2 Å². The Labute approximate surface area is 244 Å². The highest BCUT2D eigenvalue weighted by Gasteiger charge is 2.44. The first-order valence-electron chi connectivity index (χ1n) is 14.2. The first kappa shape index (κ1) is 30.2. The van der Waals surface area contributed by atoms with E-state index in [1.807, 2.05) is 42.7 Å². The Morgan fingerprint density at radius 3 is 2.52 bits per heavy atom. The van der Waals surface area contributed by atoms with E-state index in [1.165, 1.54) is 5.01 Å². The summed E-state index contributed by atoms with van der Waals surface area (Å²) in [6.07, 6.45) is 5.69. The van der Waals surface area contributed by atoms with Gasteiger partial charge in [0.05, 0.1) is 23.6 Å². The van der Waals surface area contributed by atoms with Crippen molar-refractivity contribution in [2.75, 3.05) is 26.2 Å². The molecule has 40 heavy (non-hydrogen) atoms. The minimum absolute atomic E-state index is 0.0646. The fourth-order valence-electron chi connectivity index (χ4n) is 6.12. The lowest BCUT2D eigenvalue weighted by Crippen LogP contribution is -2.50. The molecule has 2 fully saturated rings. The monoisotopic (exact) mass is 619 g/mol. The molecule has 1 saturated heterocycles. The van der Waals surface area contributed by atoms with Crippen molar-refractivity contribution in [1.29, 1.82) is 0 Å². The number of ether oxygens (including phenoxy) is 1. The van der Waals surface area contributed by atoms with Gasteiger partial charge in [-0.25, -0.2) is 5.84 Å². The Balaban J connectivity index is 1.70. The summed E-state index contributed by atoms with van der Waals surface area (Å²) in [5, 5.41) is 11.4. The van der Waals surface area contributed by atoms with Gasteiger partial charge in [-0.15, -0.1) is 0 Å². The van der Waals surface area contributed by atoms with Crippen molar-refractivity contribution in [3.05, 3.63) is 39.6 Å². The molecule has 1 aliphatic carbocycles. The number of rotatable bonds is 9. The quantitative estimate of drug-likeness (QED) is 0.282. The lowest BCUT2D eigenvalue weighted by molar-refractivity contribution is -0.154. The predicted octanol–water partition coefficient (Wildman–Crippen LogP) is 3.40. The third-order valence-corrected chi connectivity index (χ3v) is 9.26. The zero-order chi connectivity index (χ0) is 29.1. The molecule has 2 aliphatic heterocycles. The molecule has 4 atom stereocenters. The van der Waals surface area contributed by atoms with Crippen LogP contribution in [-0.4, -0.2) is 70.0 Å². The van der Waals surface area contributed by atoms with Crippen LogP contribution in [0.25, 0.3) is 0 Å². The molecular weight excluding hydrogens is 578 g/mol. The largest absolute Gasteiger partial charge is 0.487 e. The van der Waals surface area contributed by atoms with E-state index >= 15 is 0 Å². The number of nitrogens with two attached hydrogens (primary N) is 2. The number of fused-ring (bicyclic) bond motifs is 1. The summed E-state index contributed by atoms with van der Waals surface area (Å²) < 4.78 is 7.15. The highest BCUT2D eigenvalue weighted by Crippen LogP contribution is 2.43. The van der Waals surface area contributed by atoms with Crippen LogP contribution in [0.1, 0.15) is 70.0 Å². The number of carboxylic acids is 1.